The number of halogens is 1. The third kappa shape index (κ3) is 7.44. The standard InChI is InChI=1S/C22H33N3O2.ClH/c26-21(7-6-18-8-12-23-13-9-18)24-17-22(27)25-14-10-20(11-15-25)16-19-4-2-1-3-5-19;/h1-5,18,20,23H,6-17H2,(H,24,26);1H. The number of carbonyl (C=O) groups excluding carboxylic acids is 2. The fourth-order valence-electron chi connectivity index (χ4n) is 4.21. The van der Waals surface area contributed by atoms with Gasteiger partial charge >= 0.3 is 0 Å². The third-order valence-corrected chi connectivity index (χ3v) is 6.01. The predicted molar refractivity (Wildman–Crippen MR) is 115 cm³/mol. The van der Waals surface area contributed by atoms with Crippen LogP contribution in [-0.4, -0.2) is 49.4 Å². The topological polar surface area (TPSA) is 61.4 Å². The van der Waals surface area contributed by atoms with Gasteiger partial charge in [0.25, 0.3) is 0 Å². The van der Waals surface area contributed by atoms with Gasteiger partial charge in [0, 0.05) is 19.5 Å². The van der Waals surface area contributed by atoms with Crippen LogP contribution in [0.25, 0.3) is 0 Å². The molecule has 0 atom stereocenters. The lowest BCUT2D eigenvalue weighted by molar-refractivity contribution is -0.134. The molecule has 156 valence electrons. The minimum Gasteiger partial charge on any atom is -0.347 e. The van der Waals surface area contributed by atoms with Crippen molar-refractivity contribution in [3.63, 3.8) is 0 Å². The Balaban J connectivity index is 0.00000280. The van der Waals surface area contributed by atoms with E-state index in [4.69, 9.17) is 0 Å². The fourth-order valence-corrected chi connectivity index (χ4v) is 4.21. The number of likely N-dealkylation sites (tertiary alicyclic amines) is 1. The van der Waals surface area contributed by atoms with E-state index in [1.807, 2.05) is 11.0 Å². The number of amides is 2. The first-order chi connectivity index (χ1) is 13.2. The molecule has 2 amide bonds. The Morgan fingerprint density at radius 1 is 1.00 bits per heavy atom. The Morgan fingerprint density at radius 3 is 2.36 bits per heavy atom. The van der Waals surface area contributed by atoms with Crippen LogP contribution in [0.5, 0.6) is 0 Å². The van der Waals surface area contributed by atoms with Crippen LogP contribution in [0.2, 0.25) is 0 Å². The lowest BCUT2D eigenvalue weighted by Crippen LogP contribution is -2.44. The number of piperidine rings is 2. The summed E-state index contributed by atoms with van der Waals surface area (Å²) < 4.78 is 0. The van der Waals surface area contributed by atoms with Crippen molar-refractivity contribution in [2.45, 2.75) is 44.9 Å². The number of carbonyl (C=O) groups is 2. The van der Waals surface area contributed by atoms with E-state index in [0.717, 1.165) is 64.7 Å². The number of rotatable bonds is 7. The molecule has 6 heteroatoms. The Labute approximate surface area is 175 Å². The minimum atomic E-state index is 0. The maximum Gasteiger partial charge on any atom is 0.241 e. The third-order valence-electron chi connectivity index (χ3n) is 6.01. The highest BCUT2D eigenvalue weighted by atomic mass is 35.5. The summed E-state index contributed by atoms with van der Waals surface area (Å²) in [6.07, 6.45) is 6.98. The second-order valence-electron chi connectivity index (χ2n) is 8.02. The number of benzene rings is 1. The second kappa shape index (κ2) is 12.1. The number of hydrogen-bond acceptors (Lipinski definition) is 3. The summed E-state index contributed by atoms with van der Waals surface area (Å²) in [4.78, 5) is 26.3. The van der Waals surface area contributed by atoms with Gasteiger partial charge in [-0.05, 0) is 69.0 Å². The summed E-state index contributed by atoms with van der Waals surface area (Å²) in [5.74, 6) is 1.37. The summed E-state index contributed by atoms with van der Waals surface area (Å²) in [5.41, 5.74) is 1.38. The van der Waals surface area contributed by atoms with Crippen molar-refractivity contribution in [3.05, 3.63) is 35.9 Å². The highest BCUT2D eigenvalue weighted by molar-refractivity contribution is 5.85. The van der Waals surface area contributed by atoms with Crippen LogP contribution in [0.4, 0.5) is 0 Å². The van der Waals surface area contributed by atoms with Crippen molar-refractivity contribution >= 4 is 24.2 Å². The van der Waals surface area contributed by atoms with Crippen molar-refractivity contribution < 1.29 is 9.59 Å². The molecule has 1 aromatic carbocycles. The molecule has 0 aliphatic carbocycles. The lowest BCUT2D eigenvalue weighted by Gasteiger charge is -2.32. The van der Waals surface area contributed by atoms with Crippen molar-refractivity contribution in [2.24, 2.45) is 11.8 Å². The predicted octanol–water partition coefficient (Wildman–Crippen LogP) is 2.79. The molecule has 0 spiro atoms. The van der Waals surface area contributed by atoms with Gasteiger partial charge in [0.1, 0.15) is 0 Å². The van der Waals surface area contributed by atoms with Gasteiger partial charge in [-0.3, -0.25) is 9.59 Å². The smallest absolute Gasteiger partial charge is 0.241 e. The normalized spacial score (nSPS) is 18.4. The zero-order chi connectivity index (χ0) is 18.9. The molecule has 0 unspecified atom stereocenters. The average molecular weight is 408 g/mol. The molecule has 3 rings (SSSR count). The van der Waals surface area contributed by atoms with Gasteiger partial charge in [0.05, 0.1) is 6.54 Å². The van der Waals surface area contributed by atoms with E-state index in [-0.39, 0.29) is 30.8 Å². The average Bonchev–Trinajstić information content (AvgIpc) is 2.72. The van der Waals surface area contributed by atoms with E-state index in [9.17, 15) is 9.59 Å². The monoisotopic (exact) mass is 407 g/mol. The van der Waals surface area contributed by atoms with E-state index < -0.39 is 0 Å². The molecule has 0 bridgehead atoms. The molecule has 5 nitrogen and oxygen atoms in total. The van der Waals surface area contributed by atoms with Crippen molar-refractivity contribution in [1.29, 1.82) is 0 Å². The van der Waals surface area contributed by atoms with Crippen molar-refractivity contribution in [3.8, 4) is 0 Å². The molecular formula is C22H34ClN3O2. The highest BCUT2D eigenvalue weighted by Gasteiger charge is 2.23. The fraction of sp³-hybridized carbons (Fsp3) is 0.636. The zero-order valence-corrected chi connectivity index (χ0v) is 17.5. The zero-order valence-electron chi connectivity index (χ0n) is 16.7. The Bertz CT molecular complexity index is 597. The van der Waals surface area contributed by atoms with E-state index in [0.29, 0.717) is 18.3 Å². The van der Waals surface area contributed by atoms with Gasteiger partial charge in [-0.25, -0.2) is 0 Å². The van der Waals surface area contributed by atoms with E-state index in [1.165, 1.54) is 5.56 Å². The molecular weight excluding hydrogens is 374 g/mol. The van der Waals surface area contributed by atoms with Gasteiger partial charge in [0.2, 0.25) is 11.8 Å². The molecule has 0 radical (unpaired) electrons. The maximum atomic E-state index is 12.4. The highest BCUT2D eigenvalue weighted by Crippen LogP contribution is 2.21. The van der Waals surface area contributed by atoms with Gasteiger partial charge < -0.3 is 15.5 Å². The number of nitrogens with one attached hydrogen (secondary N) is 2. The molecule has 2 aliphatic rings. The Morgan fingerprint density at radius 2 is 1.68 bits per heavy atom. The molecule has 28 heavy (non-hydrogen) atoms. The lowest BCUT2D eigenvalue weighted by atomic mass is 9.90. The van der Waals surface area contributed by atoms with E-state index in [2.05, 4.69) is 34.9 Å². The Kier molecular flexibility index (Phi) is 9.79. The molecule has 2 fully saturated rings. The van der Waals surface area contributed by atoms with Crippen molar-refractivity contribution in [2.75, 3.05) is 32.7 Å². The van der Waals surface area contributed by atoms with Gasteiger partial charge in [-0.1, -0.05) is 30.3 Å². The Hall–Kier alpha value is -1.59. The van der Waals surface area contributed by atoms with Crippen LogP contribution >= 0.6 is 12.4 Å². The molecule has 0 saturated carbocycles. The van der Waals surface area contributed by atoms with Gasteiger partial charge in [-0.2, -0.15) is 0 Å². The summed E-state index contributed by atoms with van der Waals surface area (Å²) in [7, 11) is 0. The summed E-state index contributed by atoms with van der Waals surface area (Å²) in [6.45, 7) is 3.88. The molecule has 2 N–H and O–H groups in total. The van der Waals surface area contributed by atoms with Crippen LogP contribution < -0.4 is 10.6 Å². The van der Waals surface area contributed by atoms with Crippen LogP contribution in [0.3, 0.4) is 0 Å². The second-order valence-corrected chi connectivity index (χ2v) is 8.02. The molecule has 1 aromatic rings. The molecule has 2 aliphatic heterocycles. The molecule has 2 saturated heterocycles. The maximum absolute atomic E-state index is 12.4. The van der Waals surface area contributed by atoms with E-state index in [1.54, 1.807) is 0 Å². The van der Waals surface area contributed by atoms with Crippen molar-refractivity contribution in [1.82, 2.24) is 15.5 Å². The van der Waals surface area contributed by atoms with Crippen LogP contribution in [-0.2, 0) is 16.0 Å². The molecule has 2 heterocycles. The minimum absolute atomic E-state index is 0. The van der Waals surface area contributed by atoms with Crippen LogP contribution in [0.15, 0.2) is 30.3 Å². The summed E-state index contributed by atoms with van der Waals surface area (Å²) >= 11 is 0. The largest absolute Gasteiger partial charge is 0.347 e. The quantitative estimate of drug-likeness (QED) is 0.730. The summed E-state index contributed by atoms with van der Waals surface area (Å²) in [6, 6.07) is 10.6. The SMILES string of the molecule is Cl.O=C(CCC1CCNCC1)NCC(=O)N1CCC(Cc2ccccc2)CC1. The summed E-state index contributed by atoms with van der Waals surface area (Å²) in [5, 5.41) is 6.17. The van der Waals surface area contributed by atoms with Gasteiger partial charge in [0.15, 0.2) is 0 Å². The first-order valence-electron chi connectivity index (χ1n) is 10.5. The first-order valence-corrected chi connectivity index (χ1v) is 10.5. The molecule has 0 aromatic heterocycles. The first kappa shape index (κ1) is 22.7. The number of nitrogens with zero attached hydrogens (tertiary/aromatic N) is 1. The van der Waals surface area contributed by atoms with Gasteiger partial charge in [-0.15, -0.1) is 12.4 Å². The van der Waals surface area contributed by atoms with Crippen LogP contribution in [0, 0.1) is 11.8 Å². The van der Waals surface area contributed by atoms with Crippen LogP contribution in [0.1, 0.15) is 44.1 Å². The number of hydrogen-bond donors (Lipinski definition) is 2. The van der Waals surface area contributed by atoms with E-state index >= 15 is 0 Å².